The highest BCUT2D eigenvalue weighted by molar-refractivity contribution is 5.66. The second-order valence-electron chi connectivity index (χ2n) is 5.53. The quantitative estimate of drug-likeness (QED) is 0.575. The highest BCUT2D eigenvalue weighted by Crippen LogP contribution is 2.26. The van der Waals surface area contributed by atoms with Crippen LogP contribution in [-0.2, 0) is 12.8 Å². The van der Waals surface area contributed by atoms with Gasteiger partial charge < -0.3 is 0 Å². The lowest BCUT2D eigenvalue weighted by Gasteiger charge is -2.16. The Bertz CT molecular complexity index is 515. The summed E-state index contributed by atoms with van der Waals surface area (Å²) >= 11 is 0. The van der Waals surface area contributed by atoms with E-state index in [1.54, 1.807) is 0 Å². The molecule has 1 aromatic carbocycles. The third-order valence-electron chi connectivity index (χ3n) is 3.55. The zero-order valence-electron chi connectivity index (χ0n) is 12.9. The molecule has 0 spiro atoms. The first-order valence-corrected chi connectivity index (χ1v) is 6.98. The second-order valence-corrected chi connectivity index (χ2v) is 5.53. The summed E-state index contributed by atoms with van der Waals surface area (Å²) in [5, 5.41) is 0. The maximum atomic E-state index is 4.12. The molecule has 0 aliphatic rings. The molecule has 0 radical (unpaired) electrons. The highest BCUT2D eigenvalue weighted by atomic mass is 14.1. The Hall–Kier alpha value is -1.56. The van der Waals surface area contributed by atoms with Gasteiger partial charge in [-0.05, 0) is 61.4 Å². The van der Waals surface area contributed by atoms with E-state index in [1.165, 1.54) is 28.7 Å². The van der Waals surface area contributed by atoms with E-state index >= 15 is 0 Å². The van der Waals surface area contributed by atoms with Crippen LogP contribution in [0.2, 0.25) is 0 Å². The van der Waals surface area contributed by atoms with E-state index in [0.717, 1.165) is 29.6 Å². The molecule has 1 rings (SSSR count). The average Bonchev–Trinajstić information content (AvgIpc) is 2.32. The minimum Gasteiger partial charge on any atom is -0.0958 e. The summed E-state index contributed by atoms with van der Waals surface area (Å²) < 4.78 is 0. The Kier molecular flexibility index (Phi) is 5.35. The summed E-state index contributed by atoms with van der Waals surface area (Å²) in [5.74, 6) is 0. The molecule has 0 amide bonds. The van der Waals surface area contributed by atoms with Crippen LogP contribution in [0.4, 0.5) is 0 Å². The van der Waals surface area contributed by atoms with Crippen molar-refractivity contribution in [2.75, 3.05) is 0 Å². The van der Waals surface area contributed by atoms with Gasteiger partial charge in [0.1, 0.15) is 0 Å². The van der Waals surface area contributed by atoms with Gasteiger partial charge in [0, 0.05) is 0 Å². The zero-order chi connectivity index (χ0) is 14.6. The normalized spacial score (nSPS) is 10.3. The fraction of sp³-hybridized carbons (Fsp3) is 0.368. The Balaban J connectivity index is 3.25. The second kappa shape index (κ2) is 6.56. The number of allylic oxidation sites excluding steroid dienone is 3. The van der Waals surface area contributed by atoms with Crippen molar-refractivity contribution in [2.45, 2.75) is 47.0 Å². The Morgan fingerprint density at radius 2 is 1.68 bits per heavy atom. The highest BCUT2D eigenvalue weighted by Gasteiger charge is 2.09. The van der Waals surface area contributed by atoms with E-state index in [0.29, 0.717) is 0 Å². The minimum atomic E-state index is 0.870. The lowest BCUT2D eigenvalue weighted by molar-refractivity contribution is 0.908. The van der Waals surface area contributed by atoms with Crippen LogP contribution in [0.5, 0.6) is 0 Å². The van der Waals surface area contributed by atoms with Crippen LogP contribution < -0.4 is 0 Å². The van der Waals surface area contributed by atoms with Gasteiger partial charge in [0.05, 0.1) is 0 Å². The van der Waals surface area contributed by atoms with Crippen LogP contribution in [0.3, 0.4) is 0 Å². The van der Waals surface area contributed by atoms with E-state index in [9.17, 15) is 0 Å². The van der Waals surface area contributed by atoms with Crippen molar-refractivity contribution in [1.82, 2.24) is 0 Å². The summed E-state index contributed by atoms with van der Waals surface area (Å²) in [4.78, 5) is 0. The molecule has 19 heavy (non-hydrogen) atoms. The van der Waals surface area contributed by atoms with Crippen molar-refractivity contribution >= 4 is 5.57 Å². The molecule has 0 aliphatic heterocycles. The zero-order valence-corrected chi connectivity index (χ0v) is 12.9. The van der Waals surface area contributed by atoms with Crippen LogP contribution in [0.15, 0.2) is 43.0 Å². The molecule has 0 heterocycles. The fourth-order valence-corrected chi connectivity index (χ4v) is 2.27. The summed E-state index contributed by atoms with van der Waals surface area (Å²) in [6.45, 7) is 20.7. The van der Waals surface area contributed by atoms with Crippen LogP contribution in [0.1, 0.15) is 49.4 Å². The number of benzene rings is 1. The standard InChI is InChI=1S/C19H26/c1-8-9-17-12-18(10-15(6)13(2)3)19(14(4)5)11-16(17)7/h11-12H,2,4,6,8-10H2,1,3,5,7H3. The molecule has 0 nitrogen and oxygen atoms in total. The molecule has 0 aliphatic carbocycles. The summed E-state index contributed by atoms with van der Waals surface area (Å²) in [6, 6.07) is 4.60. The molecular formula is C19H26. The van der Waals surface area contributed by atoms with E-state index in [4.69, 9.17) is 0 Å². The first-order valence-electron chi connectivity index (χ1n) is 6.98. The van der Waals surface area contributed by atoms with Gasteiger partial charge in [-0.15, -0.1) is 0 Å². The molecule has 0 saturated heterocycles. The molecule has 1 aromatic rings. The van der Waals surface area contributed by atoms with Crippen molar-refractivity contribution < 1.29 is 0 Å². The maximum absolute atomic E-state index is 4.12. The number of hydrogen-bond acceptors (Lipinski definition) is 0. The predicted octanol–water partition coefficient (Wildman–Crippen LogP) is 5.66. The molecule has 0 N–H and O–H groups in total. The summed E-state index contributed by atoms with van der Waals surface area (Å²) in [5.41, 5.74) is 8.69. The molecule has 0 unspecified atom stereocenters. The third-order valence-corrected chi connectivity index (χ3v) is 3.55. The van der Waals surface area contributed by atoms with Crippen molar-refractivity contribution in [1.29, 1.82) is 0 Å². The van der Waals surface area contributed by atoms with Gasteiger partial charge in [-0.1, -0.05) is 56.4 Å². The molecule has 0 heteroatoms. The Morgan fingerprint density at radius 1 is 1.05 bits per heavy atom. The molecule has 0 aromatic heterocycles. The topological polar surface area (TPSA) is 0 Å². The van der Waals surface area contributed by atoms with Gasteiger partial charge in [-0.25, -0.2) is 0 Å². The van der Waals surface area contributed by atoms with Crippen LogP contribution in [-0.4, -0.2) is 0 Å². The monoisotopic (exact) mass is 254 g/mol. The lowest BCUT2D eigenvalue weighted by Crippen LogP contribution is -2.00. The van der Waals surface area contributed by atoms with Crippen molar-refractivity contribution in [2.24, 2.45) is 0 Å². The van der Waals surface area contributed by atoms with E-state index in [1.807, 2.05) is 6.92 Å². The van der Waals surface area contributed by atoms with E-state index in [-0.39, 0.29) is 0 Å². The smallest absolute Gasteiger partial charge is 0.00231 e. The SMILES string of the molecule is C=C(C)C(=C)Cc1cc(CCC)c(C)cc1C(=C)C. The summed E-state index contributed by atoms with van der Waals surface area (Å²) in [6.07, 6.45) is 3.18. The van der Waals surface area contributed by atoms with E-state index < -0.39 is 0 Å². The number of hydrogen-bond donors (Lipinski definition) is 0. The number of aryl methyl sites for hydroxylation is 2. The average molecular weight is 254 g/mol. The third kappa shape index (κ3) is 3.96. The molecular weight excluding hydrogens is 228 g/mol. The Morgan fingerprint density at radius 3 is 2.16 bits per heavy atom. The van der Waals surface area contributed by atoms with Gasteiger partial charge in [-0.2, -0.15) is 0 Å². The lowest BCUT2D eigenvalue weighted by atomic mass is 9.89. The molecule has 102 valence electrons. The van der Waals surface area contributed by atoms with Gasteiger partial charge in [0.15, 0.2) is 0 Å². The Labute approximate surface area is 118 Å². The first-order chi connectivity index (χ1) is 8.86. The summed E-state index contributed by atoms with van der Waals surface area (Å²) in [7, 11) is 0. The maximum Gasteiger partial charge on any atom is -0.00231 e. The van der Waals surface area contributed by atoms with Gasteiger partial charge >= 0.3 is 0 Å². The molecule has 0 saturated carbocycles. The van der Waals surface area contributed by atoms with Gasteiger partial charge in [-0.3, -0.25) is 0 Å². The van der Waals surface area contributed by atoms with Crippen LogP contribution >= 0.6 is 0 Å². The molecule has 0 fully saturated rings. The van der Waals surface area contributed by atoms with Crippen molar-refractivity contribution in [3.05, 3.63) is 65.3 Å². The van der Waals surface area contributed by atoms with Crippen LogP contribution in [0, 0.1) is 6.92 Å². The fourth-order valence-electron chi connectivity index (χ4n) is 2.27. The van der Waals surface area contributed by atoms with Gasteiger partial charge in [0.2, 0.25) is 0 Å². The largest absolute Gasteiger partial charge is 0.0958 e. The van der Waals surface area contributed by atoms with Crippen LogP contribution in [0.25, 0.3) is 5.57 Å². The van der Waals surface area contributed by atoms with Gasteiger partial charge in [0.25, 0.3) is 0 Å². The van der Waals surface area contributed by atoms with Crippen molar-refractivity contribution in [3.8, 4) is 0 Å². The number of rotatable bonds is 6. The first kappa shape index (κ1) is 15.5. The molecule has 0 bridgehead atoms. The minimum absolute atomic E-state index is 0.870. The van der Waals surface area contributed by atoms with Crippen molar-refractivity contribution in [3.63, 3.8) is 0 Å². The van der Waals surface area contributed by atoms with E-state index in [2.05, 4.69) is 52.6 Å². The molecule has 0 atom stereocenters. The predicted molar refractivity (Wildman–Crippen MR) is 87.5 cm³/mol.